The fourth-order valence-corrected chi connectivity index (χ4v) is 9.71. The number of hydrogen-bond acceptors (Lipinski definition) is 12. The van der Waals surface area contributed by atoms with Gasteiger partial charge in [-0.3, -0.25) is 24.5 Å². The molecule has 3 aromatic rings. The number of hydrogen-bond donors (Lipinski definition) is 2. The zero-order chi connectivity index (χ0) is 40.4. The molecule has 296 valence electrons. The lowest BCUT2D eigenvalue weighted by atomic mass is 9.49. The Balaban J connectivity index is 0.879. The highest BCUT2D eigenvalue weighted by molar-refractivity contribution is 7.90. The molecule has 4 amide bonds. The van der Waals surface area contributed by atoms with E-state index in [1.165, 1.54) is 24.4 Å². The topological polar surface area (TPSA) is 203 Å². The van der Waals surface area contributed by atoms with Gasteiger partial charge in [0.15, 0.2) is 0 Å². The Morgan fingerprint density at radius 3 is 2.32 bits per heavy atom. The fraction of sp³-hybridized carbons (Fsp3) is 0.436. The van der Waals surface area contributed by atoms with Gasteiger partial charge in [0.1, 0.15) is 34.6 Å². The summed E-state index contributed by atoms with van der Waals surface area (Å²) in [6.07, 6.45) is 2.17. The zero-order valence-corrected chi connectivity index (χ0v) is 32.9. The number of carbonyl (C=O) groups is 4. The van der Waals surface area contributed by atoms with Crippen LogP contribution in [-0.4, -0.2) is 86.0 Å². The van der Waals surface area contributed by atoms with E-state index in [0.717, 1.165) is 0 Å². The minimum Gasteiger partial charge on any atom is -0.493 e. The molecule has 1 saturated heterocycles. The number of benzene rings is 2. The standard InChI is InChI=1S/C39H42ClN5O10S/c1-38(2)36(39(3,4)37(38)55-26-9-7-23(21-41)28(40)19-26)44-33(47)24-8-14-32(42-22-24)54-18-6-16-52-15-5-17-53-25-10-11-27-30(20-25)56(50,51)45(35(27)49)29-12-13-31(46)43-34(29)48/h7-11,14,19-20,22,29,36-37H,5-6,12-13,15-18H2,1-4H3,(H,44,47)(H,43,46,48)/t29?,36-,37-. The van der Waals surface area contributed by atoms with Crippen LogP contribution in [0.3, 0.4) is 0 Å². The number of nitriles is 1. The van der Waals surface area contributed by atoms with Gasteiger partial charge >= 0.3 is 0 Å². The Morgan fingerprint density at radius 1 is 0.982 bits per heavy atom. The zero-order valence-electron chi connectivity index (χ0n) is 31.3. The van der Waals surface area contributed by atoms with Crippen molar-refractivity contribution in [3.63, 3.8) is 0 Å². The predicted octanol–water partition coefficient (Wildman–Crippen LogP) is 4.42. The average Bonchev–Trinajstić information content (AvgIpc) is 3.35. The van der Waals surface area contributed by atoms with Crippen LogP contribution in [0, 0.1) is 22.2 Å². The van der Waals surface area contributed by atoms with Gasteiger partial charge in [0.25, 0.3) is 27.7 Å². The summed E-state index contributed by atoms with van der Waals surface area (Å²) in [6, 6.07) is 12.9. The van der Waals surface area contributed by atoms with Gasteiger partial charge in [-0.25, -0.2) is 17.7 Å². The van der Waals surface area contributed by atoms with Gasteiger partial charge in [0, 0.05) is 73.7 Å². The summed E-state index contributed by atoms with van der Waals surface area (Å²) in [4.78, 5) is 53.9. The Bertz CT molecular complexity index is 2170. The van der Waals surface area contributed by atoms with E-state index in [1.54, 1.807) is 30.3 Å². The first kappa shape index (κ1) is 40.4. The summed E-state index contributed by atoms with van der Waals surface area (Å²) in [5.41, 5.74) is -0.118. The summed E-state index contributed by atoms with van der Waals surface area (Å²) < 4.78 is 50.3. The quantitative estimate of drug-likeness (QED) is 0.162. The smallest absolute Gasteiger partial charge is 0.269 e. The Hall–Kier alpha value is -5.24. The van der Waals surface area contributed by atoms with E-state index in [1.807, 2.05) is 33.8 Å². The third-order valence-corrected chi connectivity index (χ3v) is 12.4. The molecular formula is C39H42ClN5O10S. The minimum absolute atomic E-state index is 0.0592. The molecule has 0 radical (unpaired) electrons. The van der Waals surface area contributed by atoms with Crippen molar-refractivity contribution in [1.82, 2.24) is 19.9 Å². The first-order valence-electron chi connectivity index (χ1n) is 18.1. The van der Waals surface area contributed by atoms with Gasteiger partial charge < -0.3 is 24.3 Å². The Labute approximate surface area is 329 Å². The molecule has 1 aromatic heterocycles. The number of halogens is 1. The summed E-state index contributed by atoms with van der Waals surface area (Å²) in [6.45, 7) is 9.47. The lowest BCUT2D eigenvalue weighted by molar-refractivity contribution is -0.164. The molecule has 1 atom stereocenters. The molecule has 15 nitrogen and oxygen atoms in total. The molecule has 2 aliphatic heterocycles. The van der Waals surface area contributed by atoms with Gasteiger partial charge in [-0.15, -0.1) is 0 Å². The van der Waals surface area contributed by atoms with Crippen molar-refractivity contribution in [2.75, 3.05) is 26.4 Å². The number of imide groups is 1. The highest BCUT2D eigenvalue weighted by Crippen LogP contribution is 2.55. The highest BCUT2D eigenvalue weighted by atomic mass is 35.5. The lowest BCUT2D eigenvalue weighted by Crippen LogP contribution is -2.74. The van der Waals surface area contributed by atoms with E-state index in [9.17, 15) is 27.6 Å². The molecule has 6 rings (SSSR count). The molecule has 2 aromatic carbocycles. The molecule has 2 N–H and O–H groups in total. The molecule has 17 heteroatoms. The number of amides is 4. The van der Waals surface area contributed by atoms with E-state index >= 15 is 0 Å². The van der Waals surface area contributed by atoms with Crippen molar-refractivity contribution >= 4 is 45.3 Å². The van der Waals surface area contributed by atoms with Crippen LogP contribution in [0.5, 0.6) is 17.4 Å². The second-order valence-corrected chi connectivity index (χ2v) is 17.1. The molecule has 56 heavy (non-hydrogen) atoms. The van der Waals surface area contributed by atoms with E-state index in [0.29, 0.717) is 64.7 Å². The molecule has 1 aliphatic carbocycles. The van der Waals surface area contributed by atoms with Crippen molar-refractivity contribution in [3.05, 3.63) is 76.4 Å². The maximum Gasteiger partial charge on any atom is 0.269 e. The number of ether oxygens (including phenoxy) is 4. The summed E-state index contributed by atoms with van der Waals surface area (Å²) in [5.74, 6) is -1.25. The normalized spacial score (nSPS) is 21.6. The van der Waals surface area contributed by atoms with Crippen LogP contribution >= 0.6 is 11.6 Å². The van der Waals surface area contributed by atoms with Crippen LogP contribution < -0.4 is 24.8 Å². The van der Waals surface area contributed by atoms with Crippen LogP contribution in [-0.2, 0) is 24.3 Å². The molecule has 3 heterocycles. The number of carbonyl (C=O) groups excluding carboxylic acids is 4. The number of sulfonamides is 1. The maximum atomic E-state index is 13.2. The minimum atomic E-state index is -4.31. The van der Waals surface area contributed by atoms with Crippen molar-refractivity contribution in [1.29, 1.82) is 5.26 Å². The van der Waals surface area contributed by atoms with Crippen LogP contribution in [0.4, 0.5) is 0 Å². The van der Waals surface area contributed by atoms with Crippen LogP contribution in [0.1, 0.15) is 79.7 Å². The predicted molar refractivity (Wildman–Crippen MR) is 201 cm³/mol. The monoisotopic (exact) mass is 807 g/mol. The molecule has 0 bridgehead atoms. The number of aromatic nitrogens is 1. The Morgan fingerprint density at radius 2 is 1.68 bits per heavy atom. The Kier molecular flexibility index (Phi) is 11.6. The summed E-state index contributed by atoms with van der Waals surface area (Å²) in [5, 5.41) is 14.7. The summed E-state index contributed by atoms with van der Waals surface area (Å²) >= 11 is 6.20. The van der Waals surface area contributed by atoms with Gasteiger partial charge in [-0.1, -0.05) is 39.3 Å². The van der Waals surface area contributed by atoms with E-state index in [-0.39, 0.29) is 53.7 Å². The molecule has 0 spiro atoms. The first-order valence-corrected chi connectivity index (χ1v) is 19.9. The summed E-state index contributed by atoms with van der Waals surface area (Å²) in [7, 11) is -4.31. The molecular weight excluding hydrogens is 766 g/mol. The van der Waals surface area contributed by atoms with E-state index < -0.39 is 44.6 Å². The van der Waals surface area contributed by atoms with Gasteiger partial charge in [-0.2, -0.15) is 5.26 Å². The number of nitrogens with one attached hydrogen (secondary N) is 2. The second-order valence-electron chi connectivity index (χ2n) is 14.9. The van der Waals surface area contributed by atoms with Crippen LogP contribution in [0.25, 0.3) is 0 Å². The van der Waals surface area contributed by atoms with Gasteiger partial charge in [-0.05, 0) is 36.8 Å². The molecule has 2 fully saturated rings. The number of pyridine rings is 1. The SMILES string of the molecule is CC1(C)[C@H](NC(=O)c2ccc(OCCCOCCCOc3ccc4c(c3)S(=O)(=O)N(C3CCC(=O)NC3=O)C4=O)nc2)C(C)(C)[C@H]1Oc1ccc(C#N)c(Cl)c1. The number of rotatable bonds is 15. The first-order chi connectivity index (χ1) is 26.5. The number of piperidine rings is 1. The fourth-order valence-electron chi connectivity index (χ4n) is 7.73. The third kappa shape index (κ3) is 8.02. The highest BCUT2D eigenvalue weighted by Gasteiger charge is 2.64. The lowest BCUT2D eigenvalue weighted by Gasteiger charge is -2.63. The van der Waals surface area contributed by atoms with E-state index in [4.69, 9.17) is 35.8 Å². The van der Waals surface area contributed by atoms with Crippen LogP contribution in [0.2, 0.25) is 5.02 Å². The van der Waals surface area contributed by atoms with Crippen molar-refractivity contribution < 1.29 is 46.5 Å². The number of nitrogens with zero attached hydrogens (tertiary/aromatic N) is 3. The molecule has 3 aliphatic rings. The third-order valence-electron chi connectivity index (χ3n) is 10.2. The van der Waals surface area contributed by atoms with Crippen LogP contribution in [0.15, 0.2) is 59.6 Å². The second kappa shape index (κ2) is 16.1. The van der Waals surface area contributed by atoms with Gasteiger partial charge in [0.2, 0.25) is 11.8 Å². The van der Waals surface area contributed by atoms with Crippen molar-refractivity contribution in [3.8, 4) is 23.4 Å². The van der Waals surface area contributed by atoms with E-state index in [2.05, 4.69) is 15.6 Å². The maximum absolute atomic E-state index is 13.2. The largest absolute Gasteiger partial charge is 0.493 e. The van der Waals surface area contributed by atoms with Crippen molar-refractivity contribution in [2.45, 2.75) is 76.5 Å². The van der Waals surface area contributed by atoms with Gasteiger partial charge in [0.05, 0.1) is 34.9 Å². The average molecular weight is 808 g/mol. The van der Waals surface area contributed by atoms with Crippen molar-refractivity contribution in [2.24, 2.45) is 10.8 Å². The molecule has 1 unspecified atom stereocenters. The molecule has 1 saturated carbocycles. The number of fused-ring (bicyclic) bond motifs is 1.